The van der Waals surface area contributed by atoms with Crippen LogP contribution in [0.25, 0.3) is 0 Å². The molecule has 1 aromatic rings. The van der Waals surface area contributed by atoms with E-state index < -0.39 is 0 Å². The van der Waals surface area contributed by atoms with Gasteiger partial charge < -0.3 is 4.90 Å². The van der Waals surface area contributed by atoms with Crippen LogP contribution in [-0.2, 0) is 0 Å². The summed E-state index contributed by atoms with van der Waals surface area (Å²) in [7, 11) is 0. The van der Waals surface area contributed by atoms with E-state index in [1.54, 1.807) is 13.1 Å². The van der Waals surface area contributed by atoms with Gasteiger partial charge in [0.15, 0.2) is 5.78 Å². The van der Waals surface area contributed by atoms with Crippen LogP contribution in [0.1, 0.15) is 37.6 Å². The molecule has 2 rings (SSSR count). The van der Waals surface area contributed by atoms with Gasteiger partial charge in [0.05, 0.1) is 5.56 Å². The minimum atomic E-state index is 0.0963. The molecule has 1 fully saturated rings. The maximum Gasteiger partial charge on any atom is 0.163 e. The van der Waals surface area contributed by atoms with E-state index in [-0.39, 0.29) is 5.78 Å². The molecular formula is C14H20N2O. The van der Waals surface area contributed by atoms with Crippen LogP contribution in [0.5, 0.6) is 0 Å². The second-order valence-electron chi connectivity index (χ2n) is 5.28. The summed E-state index contributed by atoms with van der Waals surface area (Å²) in [6, 6.07) is 3.70. The minimum Gasteiger partial charge on any atom is -0.355 e. The van der Waals surface area contributed by atoms with Gasteiger partial charge in [-0.05, 0) is 37.3 Å². The van der Waals surface area contributed by atoms with Gasteiger partial charge in [-0.15, -0.1) is 0 Å². The van der Waals surface area contributed by atoms with Crippen LogP contribution in [-0.4, -0.2) is 23.9 Å². The second kappa shape index (κ2) is 4.86. The van der Waals surface area contributed by atoms with Crippen molar-refractivity contribution in [3.63, 3.8) is 0 Å². The molecule has 0 radical (unpaired) electrons. The number of anilines is 1. The maximum absolute atomic E-state index is 11.6. The molecule has 0 N–H and O–H groups in total. The Morgan fingerprint density at radius 3 is 2.59 bits per heavy atom. The number of hydrogen-bond donors (Lipinski definition) is 0. The highest BCUT2D eigenvalue weighted by Gasteiger charge is 2.24. The zero-order valence-electron chi connectivity index (χ0n) is 10.8. The van der Waals surface area contributed by atoms with Crippen LogP contribution < -0.4 is 4.90 Å². The van der Waals surface area contributed by atoms with Crippen LogP contribution in [0, 0.1) is 11.8 Å². The van der Waals surface area contributed by atoms with E-state index in [0.29, 0.717) is 11.8 Å². The molecule has 2 heterocycles. The first kappa shape index (κ1) is 12.1. The van der Waals surface area contributed by atoms with Crippen LogP contribution >= 0.6 is 0 Å². The van der Waals surface area contributed by atoms with Crippen molar-refractivity contribution in [3.05, 3.63) is 23.9 Å². The van der Waals surface area contributed by atoms with Gasteiger partial charge in [-0.25, -0.2) is 4.98 Å². The Morgan fingerprint density at radius 1 is 1.35 bits per heavy atom. The lowest BCUT2D eigenvalue weighted by Gasteiger charge is -2.36. The van der Waals surface area contributed by atoms with E-state index in [0.717, 1.165) is 24.5 Å². The highest BCUT2D eigenvalue weighted by Crippen LogP contribution is 2.27. The van der Waals surface area contributed by atoms with Gasteiger partial charge in [-0.2, -0.15) is 0 Å². The normalized spacial score (nSPS) is 24.8. The minimum absolute atomic E-state index is 0.0963. The fraction of sp³-hybridized carbons (Fsp3) is 0.571. The van der Waals surface area contributed by atoms with Gasteiger partial charge in [0.25, 0.3) is 0 Å². The highest BCUT2D eigenvalue weighted by atomic mass is 16.1. The van der Waals surface area contributed by atoms with E-state index in [2.05, 4.69) is 23.7 Å². The van der Waals surface area contributed by atoms with Crippen molar-refractivity contribution < 1.29 is 4.79 Å². The summed E-state index contributed by atoms with van der Waals surface area (Å²) in [6.07, 6.45) is 3.03. The van der Waals surface area contributed by atoms with Crippen LogP contribution in [0.4, 0.5) is 5.82 Å². The van der Waals surface area contributed by atoms with Crippen molar-refractivity contribution in [2.45, 2.75) is 27.2 Å². The predicted octanol–water partition coefficient (Wildman–Crippen LogP) is 2.77. The van der Waals surface area contributed by atoms with E-state index in [4.69, 9.17) is 0 Å². The quantitative estimate of drug-likeness (QED) is 0.735. The Kier molecular flexibility index (Phi) is 3.46. The molecule has 17 heavy (non-hydrogen) atoms. The summed E-state index contributed by atoms with van der Waals surface area (Å²) in [5, 5.41) is 0. The Labute approximate surface area is 103 Å². The Hall–Kier alpha value is -1.38. The van der Waals surface area contributed by atoms with E-state index in [1.165, 1.54) is 6.42 Å². The van der Waals surface area contributed by atoms with Gasteiger partial charge in [0, 0.05) is 19.3 Å². The molecule has 1 aliphatic rings. The average Bonchev–Trinajstić information content (AvgIpc) is 2.27. The lowest BCUT2D eigenvalue weighted by atomic mass is 9.91. The van der Waals surface area contributed by atoms with Crippen molar-refractivity contribution in [2.75, 3.05) is 18.0 Å². The Balaban J connectivity index is 2.30. The summed E-state index contributed by atoms with van der Waals surface area (Å²) >= 11 is 0. The third-order valence-corrected chi connectivity index (χ3v) is 3.33. The van der Waals surface area contributed by atoms with Crippen molar-refractivity contribution in [3.8, 4) is 0 Å². The second-order valence-corrected chi connectivity index (χ2v) is 5.28. The third kappa shape index (κ3) is 2.65. The number of carbonyl (C=O) groups is 1. The fourth-order valence-corrected chi connectivity index (χ4v) is 2.76. The van der Waals surface area contributed by atoms with Crippen molar-refractivity contribution in [1.82, 2.24) is 4.98 Å². The van der Waals surface area contributed by atoms with Gasteiger partial charge in [-0.1, -0.05) is 13.8 Å². The lowest BCUT2D eigenvalue weighted by molar-refractivity contribution is 0.101. The number of piperidine rings is 1. The fourth-order valence-electron chi connectivity index (χ4n) is 2.76. The number of hydrogen-bond acceptors (Lipinski definition) is 3. The molecule has 92 valence electrons. The number of ketones is 1. The van der Waals surface area contributed by atoms with Gasteiger partial charge >= 0.3 is 0 Å². The average molecular weight is 232 g/mol. The zero-order chi connectivity index (χ0) is 12.4. The topological polar surface area (TPSA) is 33.2 Å². The number of aromatic nitrogens is 1. The molecule has 0 saturated carbocycles. The van der Waals surface area contributed by atoms with E-state index in [1.807, 2.05) is 12.1 Å². The molecule has 0 aliphatic carbocycles. The highest BCUT2D eigenvalue weighted by molar-refractivity contribution is 5.98. The monoisotopic (exact) mass is 232 g/mol. The zero-order valence-corrected chi connectivity index (χ0v) is 10.8. The number of carbonyl (C=O) groups excluding carboxylic acids is 1. The molecule has 0 bridgehead atoms. The van der Waals surface area contributed by atoms with Crippen LogP contribution in [0.15, 0.2) is 18.3 Å². The van der Waals surface area contributed by atoms with Gasteiger partial charge in [-0.3, -0.25) is 4.79 Å². The smallest absolute Gasteiger partial charge is 0.163 e. The number of pyridine rings is 1. The van der Waals surface area contributed by atoms with E-state index in [9.17, 15) is 4.79 Å². The van der Waals surface area contributed by atoms with Crippen molar-refractivity contribution in [1.29, 1.82) is 0 Å². The van der Waals surface area contributed by atoms with Gasteiger partial charge in [0.1, 0.15) is 5.82 Å². The molecule has 0 amide bonds. The molecular weight excluding hydrogens is 212 g/mol. The summed E-state index contributed by atoms with van der Waals surface area (Å²) in [6.45, 7) is 8.14. The molecule has 0 spiro atoms. The predicted molar refractivity (Wildman–Crippen MR) is 69.4 cm³/mol. The van der Waals surface area contributed by atoms with Gasteiger partial charge in [0.2, 0.25) is 0 Å². The summed E-state index contributed by atoms with van der Waals surface area (Å²) < 4.78 is 0. The first-order valence-corrected chi connectivity index (χ1v) is 6.29. The standard InChI is InChI=1S/C14H20N2O/c1-10-7-11(2)9-16(8-10)14-13(12(3)17)5-4-6-15-14/h4-6,10-11H,7-9H2,1-3H3. The molecule has 1 saturated heterocycles. The van der Waals surface area contributed by atoms with Crippen LogP contribution in [0.3, 0.4) is 0 Å². The van der Waals surface area contributed by atoms with E-state index >= 15 is 0 Å². The number of rotatable bonds is 2. The number of Topliss-reactive ketones (excluding diaryl/α,β-unsaturated/α-hetero) is 1. The molecule has 3 heteroatoms. The molecule has 2 unspecified atom stereocenters. The first-order valence-electron chi connectivity index (χ1n) is 6.29. The third-order valence-electron chi connectivity index (χ3n) is 3.33. The number of nitrogens with zero attached hydrogens (tertiary/aromatic N) is 2. The Bertz CT molecular complexity index is 406. The van der Waals surface area contributed by atoms with Crippen molar-refractivity contribution >= 4 is 11.6 Å². The summed E-state index contributed by atoms with van der Waals surface area (Å²) in [4.78, 5) is 18.3. The maximum atomic E-state index is 11.6. The molecule has 1 aromatic heterocycles. The molecule has 1 aliphatic heterocycles. The lowest BCUT2D eigenvalue weighted by Crippen LogP contribution is -2.39. The van der Waals surface area contributed by atoms with Crippen molar-refractivity contribution in [2.24, 2.45) is 11.8 Å². The first-order chi connectivity index (χ1) is 8.08. The Morgan fingerprint density at radius 2 is 2.00 bits per heavy atom. The largest absolute Gasteiger partial charge is 0.355 e. The summed E-state index contributed by atoms with van der Waals surface area (Å²) in [5.74, 6) is 2.29. The summed E-state index contributed by atoms with van der Waals surface area (Å²) in [5.41, 5.74) is 0.744. The molecule has 2 atom stereocenters. The molecule has 0 aromatic carbocycles. The van der Waals surface area contributed by atoms with Crippen LogP contribution in [0.2, 0.25) is 0 Å². The SMILES string of the molecule is CC(=O)c1cccnc1N1CC(C)CC(C)C1. The molecule has 3 nitrogen and oxygen atoms in total.